The summed E-state index contributed by atoms with van der Waals surface area (Å²) < 4.78 is 0. The minimum Gasteiger partial charge on any atom is -0.312 e. The van der Waals surface area contributed by atoms with Crippen LogP contribution < -0.4 is 5.32 Å². The SMILES string of the molecule is CCNC(Cc1ccc(Cl)c(Cl)c1)C1CN2CCN1CC2. The van der Waals surface area contributed by atoms with Crippen molar-refractivity contribution >= 4 is 23.2 Å². The Balaban J connectivity index is 1.73. The van der Waals surface area contributed by atoms with Gasteiger partial charge >= 0.3 is 0 Å². The van der Waals surface area contributed by atoms with Crippen LogP contribution in [-0.2, 0) is 6.42 Å². The van der Waals surface area contributed by atoms with E-state index in [1.807, 2.05) is 12.1 Å². The van der Waals surface area contributed by atoms with Gasteiger partial charge in [0.2, 0.25) is 0 Å². The van der Waals surface area contributed by atoms with E-state index >= 15 is 0 Å². The molecular formula is C16H23Cl2N3. The first-order valence-electron chi connectivity index (χ1n) is 7.81. The van der Waals surface area contributed by atoms with Gasteiger partial charge in [-0.25, -0.2) is 0 Å². The van der Waals surface area contributed by atoms with Crippen LogP contribution in [-0.4, -0.2) is 61.2 Å². The Labute approximate surface area is 137 Å². The fraction of sp³-hybridized carbons (Fsp3) is 0.625. The lowest BCUT2D eigenvalue weighted by molar-refractivity contribution is -0.00288. The summed E-state index contributed by atoms with van der Waals surface area (Å²) in [6.07, 6.45) is 1.000. The molecule has 0 spiro atoms. The van der Waals surface area contributed by atoms with Gasteiger partial charge in [0.1, 0.15) is 0 Å². The third-order valence-corrected chi connectivity index (χ3v) is 5.43. The van der Waals surface area contributed by atoms with Crippen LogP contribution in [0.3, 0.4) is 0 Å². The summed E-state index contributed by atoms with van der Waals surface area (Å²) in [5.74, 6) is 0. The molecule has 1 aromatic carbocycles. The third-order valence-electron chi connectivity index (χ3n) is 4.69. The molecule has 0 aromatic heterocycles. The number of nitrogens with one attached hydrogen (secondary N) is 1. The van der Waals surface area contributed by atoms with Gasteiger partial charge in [-0.2, -0.15) is 0 Å². The van der Waals surface area contributed by atoms with Gasteiger partial charge < -0.3 is 5.32 Å². The summed E-state index contributed by atoms with van der Waals surface area (Å²) >= 11 is 12.2. The van der Waals surface area contributed by atoms with E-state index in [2.05, 4.69) is 28.1 Å². The standard InChI is InChI=1S/C16H23Cl2N3/c1-2-19-15(10-12-3-4-13(17)14(18)9-12)16-11-20-5-7-21(16)8-6-20/h3-4,9,15-16,19H,2,5-8,10-11H2,1H3. The van der Waals surface area contributed by atoms with E-state index < -0.39 is 0 Å². The minimum atomic E-state index is 0.468. The maximum atomic E-state index is 6.15. The molecule has 3 aliphatic heterocycles. The van der Waals surface area contributed by atoms with Gasteiger partial charge in [0.15, 0.2) is 0 Å². The molecule has 1 aromatic rings. The first-order valence-corrected chi connectivity index (χ1v) is 8.56. The number of hydrogen-bond donors (Lipinski definition) is 1. The highest BCUT2D eigenvalue weighted by Gasteiger charge is 2.36. The number of benzene rings is 1. The van der Waals surface area contributed by atoms with Crippen molar-refractivity contribution < 1.29 is 0 Å². The highest BCUT2D eigenvalue weighted by atomic mass is 35.5. The van der Waals surface area contributed by atoms with Gasteiger partial charge in [0.25, 0.3) is 0 Å². The number of nitrogens with zero attached hydrogens (tertiary/aromatic N) is 2. The second-order valence-electron chi connectivity index (χ2n) is 6.02. The fourth-order valence-electron chi connectivity index (χ4n) is 3.57. The highest BCUT2D eigenvalue weighted by molar-refractivity contribution is 6.42. The van der Waals surface area contributed by atoms with Crippen LogP contribution in [0.15, 0.2) is 18.2 Å². The van der Waals surface area contributed by atoms with Crippen molar-refractivity contribution in [2.75, 3.05) is 39.3 Å². The summed E-state index contributed by atoms with van der Waals surface area (Å²) in [6, 6.07) is 7.07. The Hall–Kier alpha value is -0.320. The largest absolute Gasteiger partial charge is 0.312 e. The molecule has 116 valence electrons. The molecule has 0 aliphatic carbocycles. The average Bonchev–Trinajstić information content (AvgIpc) is 2.51. The fourth-order valence-corrected chi connectivity index (χ4v) is 3.89. The molecule has 4 rings (SSSR count). The monoisotopic (exact) mass is 327 g/mol. The summed E-state index contributed by atoms with van der Waals surface area (Å²) in [5.41, 5.74) is 1.26. The molecule has 0 amide bonds. The van der Waals surface area contributed by atoms with Crippen molar-refractivity contribution in [2.45, 2.75) is 25.4 Å². The van der Waals surface area contributed by atoms with Crippen molar-refractivity contribution in [1.29, 1.82) is 0 Å². The van der Waals surface area contributed by atoms with Crippen LogP contribution in [0.1, 0.15) is 12.5 Å². The van der Waals surface area contributed by atoms with Crippen LogP contribution >= 0.6 is 23.2 Å². The Kier molecular flexibility index (Phi) is 5.07. The minimum absolute atomic E-state index is 0.468. The van der Waals surface area contributed by atoms with E-state index in [1.54, 1.807) is 0 Å². The molecule has 2 bridgehead atoms. The first-order chi connectivity index (χ1) is 10.2. The second kappa shape index (κ2) is 6.84. The van der Waals surface area contributed by atoms with Crippen LogP contribution in [0.4, 0.5) is 0 Å². The summed E-state index contributed by atoms with van der Waals surface area (Å²) in [7, 11) is 0. The van der Waals surface area contributed by atoms with Crippen molar-refractivity contribution in [3.63, 3.8) is 0 Å². The zero-order valence-corrected chi connectivity index (χ0v) is 14.0. The molecule has 0 saturated carbocycles. The van der Waals surface area contributed by atoms with E-state index in [9.17, 15) is 0 Å². The number of piperazine rings is 3. The van der Waals surface area contributed by atoms with Gasteiger partial charge in [0.05, 0.1) is 10.0 Å². The lowest BCUT2D eigenvalue weighted by Gasteiger charge is -2.50. The topological polar surface area (TPSA) is 18.5 Å². The summed E-state index contributed by atoms with van der Waals surface area (Å²) in [4.78, 5) is 5.23. The number of fused-ring (bicyclic) bond motifs is 3. The van der Waals surface area contributed by atoms with E-state index in [1.165, 1.54) is 38.3 Å². The van der Waals surface area contributed by atoms with E-state index in [4.69, 9.17) is 23.2 Å². The molecule has 3 fully saturated rings. The zero-order chi connectivity index (χ0) is 14.8. The Morgan fingerprint density at radius 1 is 1.19 bits per heavy atom. The first kappa shape index (κ1) is 15.6. The normalized spacial score (nSPS) is 29.6. The lowest BCUT2D eigenvalue weighted by atomic mass is 9.94. The lowest BCUT2D eigenvalue weighted by Crippen LogP contribution is -2.66. The number of halogens is 2. The summed E-state index contributed by atoms with van der Waals surface area (Å²) in [5, 5.41) is 4.96. The summed E-state index contributed by atoms with van der Waals surface area (Å²) in [6.45, 7) is 9.21. The Bertz CT molecular complexity index is 486. The van der Waals surface area contributed by atoms with Gasteiger partial charge in [-0.3, -0.25) is 9.80 Å². The van der Waals surface area contributed by atoms with Crippen LogP contribution in [0, 0.1) is 0 Å². The molecule has 3 nitrogen and oxygen atoms in total. The predicted molar refractivity (Wildman–Crippen MR) is 89.4 cm³/mol. The molecule has 3 saturated heterocycles. The molecule has 3 aliphatic rings. The van der Waals surface area contributed by atoms with Crippen LogP contribution in [0.25, 0.3) is 0 Å². The zero-order valence-electron chi connectivity index (χ0n) is 12.5. The van der Waals surface area contributed by atoms with E-state index in [0.717, 1.165) is 13.0 Å². The van der Waals surface area contributed by atoms with E-state index in [-0.39, 0.29) is 0 Å². The number of likely N-dealkylation sites (N-methyl/N-ethyl adjacent to an activating group) is 1. The molecule has 5 heteroatoms. The highest BCUT2D eigenvalue weighted by Crippen LogP contribution is 2.25. The van der Waals surface area contributed by atoms with Crippen molar-refractivity contribution in [1.82, 2.24) is 15.1 Å². The van der Waals surface area contributed by atoms with Crippen molar-refractivity contribution in [2.24, 2.45) is 0 Å². The Morgan fingerprint density at radius 2 is 1.95 bits per heavy atom. The molecular weight excluding hydrogens is 305 g/mol. The molecule has 1 N–H and O–H groups in total. The third kappa shape index (κ3) is 3.54. The number of rotatable bonds is 5. The average molecular weight is 328 g/mol. The van der Waals surface area contributed by atoms with Crippen LogP contribution in [0.2, 0.25) is 10.0 Å². The van der Waals surface area contributed by atoms with Crippen molar-refractivity contribution in [3.8, 4) is 0 Å². The quantitative estimate of drug-likeness (QED) is 0.896. The van der Waals surface area contributed by atoms with Gasteiger partial charge in [0, 0.05) is 44.8 Å². The van der Waals surface area contributed by atoms with E-state index in [0.29, 0.717) is 22.1 Å². The maximum absolute atomic E-state index is 6.15. The van der Waals surface area contributed by atoms with Crippen molar-refractivity contribution in [3.05, 3.63) is 33.8 Å². The molecule has 2 unspecified atom stereocenters. The Morgan fingerprint density at radius 3 is 2.52 bits per heavy atom. The molecule has 0 radical (unpaired) electrons. The number of hydrogen-bond acceptors (Lipinski definition) is 3. The van der Waals surface area contributed by atoms with Crippen LogP contribution in [0.5, 0.6) is 0 Å². The predicted octanol–water partition coefficient (Wildman–Crippen LogP) is 2.51. The second-order valence-corrected chi connectivity index (χ2v) is 6.84. The molecule has 21 heavy (non-hydrogen) atoms. The molecule has 3 heterocycles. The van der Waals surface area contributed by atoms with Gasteiger partial charge in [-0.05, 0) is 30.7 Å². The van der Waals surface area contributed by atoms with Gasteiger partial charge in [-0.1, -0.05) is 36.2 Å². The maximum Gasteiger partial charge on any atom is 0.0595 e. The smallest absolute Gasteiger partial charge is 0.0595 e. The van der Waals surface area contributed by atoms with Gasteiger partial charge in [-0.15, -0.1) is 0 Å². The molecule has 2 atom stereocenters.